The van der Waals surface area contributed by atoms with Crippen molar-refractivity contribution >= 4 is 5.96 Å². The van der Waals surface area contributed by atoms with Gasteiger partial charge in [0.2, 0.25) is 0 Å². The summed E-state index contributed by atoms with van der Waals surface area (Å²) in [6.45, 7) is 5.05. The van der Waals surface area contributed by atoms with Gasteiger partial charge >= 0.3 is 0 Å². The Bertz CT molecular complexity index is 528. The maximum Gasteiger partial charge on any atom is 0.193 e. The van der Waals surface area contributed by atoms with Crippen molar-refractivity contribution < 1.29 is 14.2 Å². The zero-order valence-electron chi connectivity index (χ0n) is 16.4. The lowest BCUT2D eigenvalue weighted by molar-refractivity contribution is 0.0203. The summed E-state index contributed by atoms with van der Waals surface area (Å²) < 4.78 is 16.4. The van der Waals surface area contributed by atoms with E-state index in [0.29, 0.717) is 5.92 Å². The van der Waals surface area contributed by atoms with Gasteiger partial charge in [0.25, 0.3) is 0 Å². The van der Waals surface area contributed by atoms with Gasteiger partial charge in [-0.2, -0.15) is 0 Å². The minimum Gasteiger partial charge on any atom is -0.497 e. The average Bonchev–Trinajstić information content (AvgIpc) is 2.68. The van der Waals surface area contributed by atoms with E-state index in [2.05, 4.69) is 27.3 Å². The number of guanidine groups is 1. The maximum atomic E-state index is 5.81. The average molecular weight is 364 g/mol. The van der Waals surface area contributed by atoms with Crippen molar-refractivity contribution in [3.63, 3.8) is 0 Å². The second-order valence-electron chi connectivity index (χ2n) is 6.66. The van der Waals surface area contributed by atoms with E-state index in [9.17, 15) is 0 Å². The summed E-state index contributed by atoms with van der Waals surface area (Å²) in [7, 11) is 5.54. The van der Waals surface area contributed by atoms with Gasteiger partial charge < -0.3 is 24.4 Å². The van der Waals surface area contributed by atoms with Crippen LogP contribution in [0, 0.1) is 5.92 Å². The predicted molar refractivity (Wildman–Crippen MR) is 105 cm³/mol. The fourth-order valence-corrected chi connectivity index (χ4v) is 3.00. The van der Waals surface area contributed by atoms with Crippen LogP contribution in [0.15, 0.2) is 29.3 Å². The summed E-state index contributed by atoms with van der Waals surface area (Å²) in [6.07, 6.45) is 3.22. The molecule has 1 aliphatic rings. The molecular weight excluding hydrogens is 330 g/mol. The summed E-state index contributed by atoms with van der Waals surface area (Å²) in [4.78, 5) is 6.48. The predicted octanol–water partition coefficient (Wildman–Crippen LogP) is 2.54. The first kappa shape index (κ1) is 20.5. The smallest absolute Gasteiger partial charge is 0.193 e. The molecule has 146 valence electrons. The zero-order chi connectivity index (χ0) is 18.6. The maximum absolute atomic E-state index is 5.81. The van der Waals surface area contributed by atoms with Crippen LogP contribution in [0.4, 0.5) is 0 Å². The molecule has 1 saturated heterocycles. The molecule has 6 heteroatoms. The van der Waals surface area contributed by atoms with E-state index in [0.717, 1.165) is 70.5 Å². The first-order chi connectivity index (χ1) is 12.7. The molecule has 0 unspecified atom stereocenters. The largest absolute Gasteiger partial charge is 0.497 e. The number of ether oxygens (including phenoxy) is 3. The second-order valence-corrected chi connectivity index (χ2v) is 6.66. The highest BCUT2D eigenvalue weighted by Gasteiger charge is 2.13. The van der Waals surface area contributed by atoms with E-state index < -0.39 is 0 Å². The van der Waals surface area contributed by atoms with Crippen molar-refractivity contribution in [2.24, 2.45) is 10.9 Å². The van der Waals surface area contributed by atoms with Crippen LogP contribution in [-0.4, -0.2) is 65.0 Å². The summed E-state index contributed by atoms with van der Waals surface area (Å²) >= 11 is 0. The highest BCUT2D eigenvalue weighted by molar-refractivity contribution is 5.79. The quantitative estimate of drug-likeness (QED) is 0.415. The molecule has 0 atom stereocenters. The molecule has 26 heavy (non-hydrogen) atoms. The number of methoxy groups -OCH3 is 1. The molecule has 0 bridgehead atoms. The fraction of sp³-hybridized carbons (Fsp3) is 0.650. The molecule has 0 aromatic heterocycles. The van der Waals surface area contributed by atoms with Gasteiger partial charge in [-0.1, -0.05) is 12.1 Å². The van der Waals surface area contributed by atoms with E-state index in [4.69, 9.17) is 14.2 Å². The van der Waals surface area contributed by atoms with Crippen molar-refractivity contribution in [3.05, 3.63) is 29.8 Å². The van der Waals surface area contributed by atoms with Gasteiger partial charge in [0, 0.05) is 53.6 Å². The first-order valence-electron chi connectivity index (χ1n) is 9.43. The normalized spacial score (nSPS) is 15.7. The molecule has 0 saturated carbocycles. The Morgan fingerprint density at radius 2 is 2.00 bits per heavy atom. The van der Waals surface area contributed by atoms with Crippen LogP contribution in [0.25, 0.3) is 0 Å². The standard InChI is InChI=1S/C20H33N3O3/c1-21-20(23(2)15-17-5-7-19(24-3)8-6-17)22-11-4-12-26-16-18-9-13-25-14-10-18/h5-8,18H,4,9-16H2,1-3H3,(H,21,22). The van der Waals surface area contributed by atoms with Gasteiger partial charge in [0.05, 0.1) is 7.11 Å². The molecule has 1 N–H and O–H groups in total. The number of hydrogen-bond acceptors (Lipinski definition) is 4. The third kappa shape index (κ3) is 7.22. The van der Waals surface area contributed by atoms with Crippen LogP contribution in [0.3, 0.4) is 0 Å². The summed E-state index contributed by atoms with van der Waals surface area (Å²) in [5, 5.41) is 3.40. The fourth-order valence-electron chi connectivity index (χ4n) is 3.00. The summed E-state index contributed by atoms with van der Waals surface area (Å²) in [6, 6.07) is 8.11. The molecule has 1 aromatic rings. The van der Waals surface area contributed by atoms with Crippen LogP contribution in [0.1, 0.15) is 24.8 Å². The SMILES string of the molecule is CN=C(NCCCOCC1CCOCC1)N(C)Cc1ccc(OC)cc1. The van der Waals surface area contributed by atoms with Crippen molar-refractivity contribution in [1.82, 2.24) is 10.2 Å². The van der Waals surface area contributed by atoms with Gasteiger partial charge in [0.1, 0.15) is 5.75 Å². The molecule has 6 nitrogen and oxygen atoms in total. The lowest BCUT2D eigenvalue weighted by Crippen LogP contribution is -2.39. The van der Waals surface area contributed by atoms with Gasteiger partial charge in [-0.15, -0.1) is 0 Å². The van der Waals surface area contributed by atoms with Crippen molar-refractivity contribution in [2.45, 2.75) is 25.8 Å². The molecule has 2 rings (SSSR count). The number of rotatable bonds is 9. The molecule has 1 aromatic carbocycles. The molecular formula is C20H33N3O3. The Morgan fingerprint density at radius 3 is 2.65 bits per heavy atom. The van der Waals surface area contributed by atoms with Gasteiger partial charge in [-0.25, -0.2) is 0 Å². The molecule has 1 heterocycles. The molecule has 0 aliphatic carbocycles. The van der Waals surface area contributed by atoms with Gasteiger partial charge in [0.15, 0.2) is 5.96 Å². The van der Waals surface area contributed by atoms with Gasteiger partial charge in [-0.05, 0) is 42.9 Å². The molecule has 0 spiro atoms. The zero-order valence-corrected chi connectivity index (χ0v) is 16.4. The number of aliphatic imine (C=N–C) groups is 1. The lowest BCUT2D eigenvalue weighted by Gasteiger charge is -2.23. The molecule has 0 radical (unpaired) electrons. The highest BCUT2D eigenvalue weighted by atomic mass is 16.5. The van der Waals surface area contributed by atoms with E-state index in [1.54, 1.807) is 7.11 Å². The van der Waals surface area contributed by atoms with Crippen molar-refractivity contribution in [1.29, 1.82) is 0 Å². The number of nitrogens with zero attached hydrogens (tertiary/aromatic N) is 2. The van der Waals surface area contributed by atoms with Crippen molar-refractivity contribution in [3.8, 4) is 5.75 Å². The van der Waals surface area contributed by atoms with Crippen LogP contribution in [-0.2, 0) is 16.0 Å². The topological polar surface area (TPSA) is 55.3 Å². The Balaban J connectivity index is 1.61. The minimum absolute atomic E-state index is 0.667. The third-order valence-corrected chi connectivity index (χ3v) is 4.60. The van der Waals surface area contributed by atoms with E-state index in [-0.39, 0.29) is 0 Å². The van der Waals surface area contributed by atoms with E-state index in [1.807, 2.05) is 26.2 Å². The van der Waals surface area contributed by atoms with E-state index in [1.165, 1.54) is 5.56 Å². The number of hydrogen-bond donors (Lipinski definition) is 1. The van der Waals surface area contributed by atoms with Crippen LogP contribution >= 0.6 is 0 Å². The Morgan fingerprint density at radius 1 is 1.27 bits per heavy atom. The molecule has 1 aliphatic heterocycles. The highest BCUT2D eigenvalue weighted by Crippen LogP contribution is 2.15. The third-order valence-electron chi connectivity index (χ3n) is 4.60. The minimum atomic E-state index is 0.667. The van der Waals surface area contributed by atoms with Crippen molar-refractivity contribution in [2.75, 3.05) is 54.2 Å². The Labute approximate surface area is 157 Å². The van der Waals surface area contributed by atoms with Crippen LogP contribution < -0.4 is 10.1 Å². The van der Waals surface area contributed by atoms with Crippen LogP contribution in [0.5, 0.6) is 5.75 Å². The van der Waals surface area contributed by atoms with Gasteiger partial charge in [-0.3, -0.25) is 4.99 Å². The second kappa shape index (κ2) is 11.8. The van der Waals surface area contributed by atoms with Crippen LogP contribution in [0.2, 0.25) is 0 Å². The monoisotopic (exact) mass is 363 g/mol. The Hall–Kier alpha value is -1.79. The summed E-state index contributed by atoms with van der Waals surface area (Å²) in [5.74, 6) is 2.44. The Kier molecular flexibility index (Phi) is 9.28. The lowest BCUT2D eigenvalue weighted by atomic mass is 10.0. The first-order valence-corrected chi connectivity index (χ1v) is 9.43. The van der Waals surface area contributed by atoms with E-state index >= 15 is 0 Å². The summed E-state index contributed by atoms with van der Waals surface area (Å²) in [5.41, 5.74) is 1.22. The molecule has 0 amide bonds. The number of nitrogens with one attached hydrogen (secondary N) is 1. The number of benzene rings is 1. The molecule has 1 fully saturated rings.